The van der Waals surface area contributed by atoms with Crippen LogP contribution >= 0.6 is 22.6 Å². The molecule has 0 radical (unpaired) electrons. The van der Waals surface area contributed by atoms with Crippen LogP contribution in [0.4, 0.5) is 5.69 Å². The first-order valence-electron chi connectivity index (χ1n) is 11.4. The number of carbonyl (C=O) groups excluding carboxylic acids is 3. The van der Waals surface area contributed by atoms with Gasteiger partial charge >= 0.3 is 11.8 Å². The first kappa shape index (κ1) is 28.4. The number of amides is 3. The molecule has 38 heavy (non-hydrogen) atoms. The molecule has 0 bridgehead atoms. The van der Waals surface area contributed by atoms with Gasteiger partial charge in [-0.25, -0.2) is 5.43 Å². The number of nitrogens with zero attached hydrogens (tertiary/aromatic N) is 1. The maximum atomic E-state index is 12.4. The van der Waals surface area contributed by atoms with Gasteiger partial charge in [0.1, 0.15) is 5.75 Å². The fourth-order valence-electron chi connectivity index (χ4n) is 3.21. The Labute approximate surface area is 233 Å². The van der Waals surface area contributed by atoms with E-state index in [2.05, 4.69) is 21.2 Å². The minimum absolute atomic E-state index is 0.180. The van der Waals surface area contributed by atoms with Crippen LogP contribution in [0, 0.1) is 10.5 Å². The first-order valence-corrected chi connectivity index (χ1v) is 12.5. The number of aryl methyl sites for hydroxylation is 1. The van der Waals surface area contributed by atoms with Crippen LogP contribution in [0.2, 0.25) is 0 Å². The molecular weight excluding hydrogens is 603 g/mol. The summed E-state index contributed by atoms with van der Waals surface area (Å²) in [6, 6.07) is 17.9. The molecule has 3 rings (SSSR count). The Hall–Kier alpha value is -4.13. The number of anilines is 1. The number of nitrogens with one attached hydrogen (secondary N) is 3. The number of hydrogen-bond acceptors (Lipinski definition) is 7. The zero-order valence-electron chi connectivity index (χ0n) is 21.0. The van der Waals surface area contributed by atoms with Crippen molar-refractivity contribution in [2.75, 3.05) is 26.1 Å². The Bertz CT molecular complexity index is 1330. The summed E-state index contributed by atoms with van der Waals surface area (Å²) in [4.78, 5) is 36.5. The minimum atomic E-state index is -0.906. The van der Waals surface area contributed by atoms with E-state index in [0.29, 0.717) is 32.1 Å². The van der Waals surface area contributed by atoms with Crippen LogP contribution in [-0.4, -0.2) is 44.8 Å². The Morgan fingerprint density at radius 3 is 2.39 bits per heavy atom. The Kier molecular flexibility index (Phi) is 10.5. The third-order valence-corrected chi connectivity index (χ3v) is 6.02. The quantitative estimate of drug-likeness (QED) is 0.137. The van der Waals surface area contributed by atoms with E-state index >= 15 is 0 Å². The van der Waals surface area contributed by atoms with Gasteiger partial charge in [0.2, 0.25) is 0 Å². The summed E-state index contributed by atoms with van der Waals surface area (Å²) in [6.07, 6.45) is 1.37. The molecule has 3 amide bonds. The van der Waals surface area contributed by atoms with Gasteiger partial charge in [-0.3, -0.25) is 14.4 Å². The van der Waals surface area contributed by atoms with Crippen LogP contribution in [0.1, 0.15) is 16.7 Å². The molecular formula is C27H27IN4O6. The molecule has 0 atom stereocenters. The van der Waals surface area contributed by atoms with E-state index in [1.54, 1.807) is 43.5 Å². The SMILES string of the molecule is COc1ccc(CNC(=O)C(=O)N/N=C\c2cc(I)c(OCC(=O)Nc3ccccc3C)c(OC)c2)cc1. The molecule has 0 heterocycles. The summed E-state index contributed by atoms with van der Waals surface area (Å²) >= 11 is 2.05. The predicted molar refractivity (Wildman–Crippen MR) is 152 cm³/mol. The highest BCUT2D eigenvalue weighted by Crippen LogP contribution is 2.33. The van der Waals surface area contributed by atoms with E-state index < -0.39 is 11.8 Å². The molecule has 3 N–H and O–H groups in total. The maximum absolute atomic E-state index is 12.4. The zero-order valence-corrected chi connectivity index (χ0v) is 23.2. The van der Waals surface area contributed by atoms with E-state index in [1.807, 2.05) is 53.8 Å². The van der Waals surface area contributed by atoms with Gasteiger partial charge in [-0.2, -0.15) is 5.10 Å². The summed E-state index contributed by atoms with van der Waals surface area (Å²) in [7, 11) is 3.04. The van der Waals surface area contributed by atoms with Crippen molar-refractivity contribution in [3.63, 3.8) is 0 Å². The summed E-state index contributed by atoms with van der Waals surface area (Å²) in [6.45, 7) is 1.87. The van der Waals surface area contributed by atoms with Crippen LogP contribution < -0.4 is 30.3 Å². The van der Waals surface area contributed by atoms with Gasteiger partial charge in [0.15, 0.2) is 18.1 Å². The largest absolute Gasteiger partial charge is 0.497 e. The molecule has 0 fully saturated rings. The number of methoxy groups -OCH3 is 2. The summed E-state index contributed by atoms with van der Waals surface area (Å²) in [5.41, 5.74) is 5.25. The normalized spacial score (nSPS) is 10.5. The van der Waals surface area contributed by atoms with Crippen LogP contribution in [0.25, 0.3) is 0 Å². The first-order chi connectivity index (χ1) is 18.3. The highest BCUT2D eigenvalue weighted by Gasteiger charge is 2.15. The van der Waals surface area contributed by atoms with E-state index in [0.717, 1.165) is 11.1 Å². The van der Waals surface area contributed by atoms with Crippen molar-refractivity contribution in [1.29, 1.82) is 0 Å². The number of hydrogen-bond donors (Lipinski definition) is 3. The lowest BCUT2D eigenvalue weighted by atomic mass is 10.2. The average molecular weight is 630 g/mol. The molecule has 0 saturated carbocycles. The molecule has 0 unspecified atom stereocenters. The van der Waals surface area contributed by atoms with Gasteiger partial charge < -0.3 is 24.8 Å². The van der Waals surface area contributed by atoms with Crippen molar-refractivity contribution in [3.05, 3.63) is 80.9 Å². The summed E-state index contributed by atoms with van der Waals surface area (Å²) in [5, 5.41) is 9.19. The maximum Gasteiger partial charge on any atom is 0.329 e. The van der Waals surface area contributed by atoms with Gasteiger partial charge in [0, 0.05) is 12.2 Å². The number of carbonyl (C=O) groups is 3. The van der Waals surface area contributed by atoms with E-state index in [-0.39, 0.29) is 19.1 Å². The molecule has 3 aromatic rings. The van der Waals surface area contributed by atoms with Crippen molar-refractivity contribution in [3.8, 4) is 17.2 Å². The highest BCUT2D eigenvalue weighted by atomic mass is 127. The van der Waals surface area contributed by atoms with Crippen LogP contribution in [-0.2, 0) is 20.9 Å². The second-order valence-corrected chi connectivity index (χ2v) is 9.08. The third kappa shape index (κ3) is 8.20. The number of rotatable bonds is 10. The second kappa shape index (κ2) is 14.0. The standard InChI is InChI=1S/C27H27IN4O6/c1-17-6-4-5-7-22(17)31-24(33)16-38-25-21(28)12-19(13-23(25)37-3)15-30-32-27(35)26(34)29-14-18-8-10-20(36-2)11-9-18/h4-13,15H,14,16H2,1-3H3,(H,29,34)(H,31,33)(H,32,35)/b30-15-. The van der Waals surface area contributed by atoms with E-state index in [4.69, 9.17) is 14.2 Å². The average Bonchev–Trinajstić information content (AvgIpc) is 2.92. The van der Waals surface area contributed by atoms with Crippen LogP contribution in [0.3, 0.4) is 0 Å². The van der Waals surface area contributed by atoms with E-state index in [1.165, 1.54) is 13.3 Å². The lowest BCUT2D eigenvalue weighted by Crippen LogP contribution is -2.37. The predicted octanol–water partition coefficient (Wildman–Crippen LogP) is 3.40. The monoisotopic (exact) mass is 630 g/mol. The number of ether oxygens (including phenoxy) is 3. The smallest absolute Gasteiger partial charge is 0.329 e. The topological polar surface area (TPSA) is 127 Å². The highest BCUT2D eigenvalue weighted by molar-refractivity contribution is 14.1. The van der Waals surface area contributed by atoms with Crippen molar-refractivity contribution in [1.82, 2.24) is 10.7 Å². The number of hydrazone groups is 1. The molecule has 0 aliphatic heterocycles. The number of benzene rings is 3. The molecule has 10 nitrogen and oxygen atoms in total. The lowest BCUT2D eigenvalue weighted by molar-refractivity contribution is -0.139. The Morgan fingerprint density at radius 2 is 1.71 bits per heavy atom. The van der Waals surface area contributed by atoms with Crippen LogP contribution in [0.5, 0.6) is 17.2 Å². The second-order valence-electron chi connectivity index (χ2n) is 7.92. The van der Waals surface area contributed by atoms with E-state index in [9.17, 15) is 14.4 Å². The Balaban J connectivity index is 1.53. The van der Waals surface area contributed by atoms with Gasteiger partial charge in [0.05, 0.1) is 24.0 Å². The van der Waals surface area contributed by atoms with Gasteiger partial charge in [0.25, 0.3) is 5.91 Å². The van der Waals surface area contributed by atoms with Gasteiger partial charge in [-0.05, 0) is 76.5 Å². The number of para-hydroxylation sites is 1. The minimum Gasteiger partial charge on any atom is -0.497 e. The van der Waals surface area contributed by atoms with Crippen molar-refractivity contribution < 1.29 is 28.6 Å². The molecule has 3 aromatic carbocycles. The molecule has 0 saturated heterocycles. The van der Waals surface area contributed by atoms with Gasteiger partial charge in [-0.15, -0.1) is 0 Å². The van der Waals surface area contributed by atoms with Gasteiger partial charge in [-0.1, -0.05) is 30.3 Å². The zero-order chi connectivity index (χ0) is 27.5. The van der Waals surface area contributed by atoms with Crippen LogP contribution in [0.15, 0.2) is 65.8 Å². The molecule has 0 aromatic heterocycles. The molecule has 198 valence electrons. The molecule has 0 aliphatic carbocycles. The molecule has 0 spiro atoms. The summed E-state index contributed by atoms with van der Waals surface area (Å²) < 4.78 is 16.9. The van der Waals surface area contributed by atoms with Crippen molar-refractivity contribution in [2.45, 2.75) is 13.5 Å². The lowest BCUT2D eigenvalue weighted by Gasteiger charge is -2.14. The molecule has 0 aliphatic rings. The number of halogens is 1. The Morgan fingerprint density at radius 1 is 0.974 bits per heavy atom. The fraction of sp³-hybridized carbons (Fsp3) is 0.185. The molecule has 11 heteroatoms. The third-order valence-electron chi connectivity index (χ3n) is 5.22. The fourth-order valence-corrected chi connectivity index (χ4v) is 3.99. The van der Waals surface area contributed by atoms with Crippen molar-refractivity contribution in [2.24, 2.45) is 5.10 Å². The summed E-state index contributed by atoms with van der Waals surface area (Å²) in [5.74, 6) is -0.566. The van der Waals surface area contributed by atoms with Crippen molar-refractivity contribution >= 4 is 52.2 Å².